The molecule has 198 valence electrons. The van der Waals surface area contributed by atoms with Crippen molar-refractivity contribution >= 4 is 46.8 Å². The van der Waals surface area contributed by atoms with Crippen molar-refractivity contribution in [1.29, 1.82) is 0 Å². The van der Waals surface area contributed by atoms with Crippen molar-refractivity contribution in [3.8, 4) is 0 Å². The predicted molar refractivity (Wildman–Crippen MR) is 147 cm³/mol. The fourth-order valence-corrected chi connectivity index (χ4v) is 5.28. The molecule has 36 heavy (non-hydrogen) atoms. The zero-order chi connectivity index (χ0) is 26.7. The Balaban J connectivity index is 0.000000344. The number of carboxylic acid groups (broad SMARTS) is 1. The van der Waals surface area contributed by atoms with Crippen molar-refractivity contribution < 1.29 is 24.5 Å². The molecule has 0 bridgehead atoms. The molecule has 6 nitrogen and oxygen atoms in total. The van der Waals surface area contributed by atoms with Gasteiger partial charge in [0.1, 0.15) is 6.61 Å². The van der Waals surface area contributed by atoms with E-state index in [1.54, 1.807) is 11.8 Å². The summed E-state index contributed by atoms with van der Waals surface area (Å²) in [4.78, 5) is 23.7. The van der Waals surface area contributed by atoms with Crippen LogP contribution in [0.25, 0.3) is 0 Å². The lowest BCUT2D eigenvalue weighted by Gasteiger charge is -2.41. The topological polar surface area (TPSA) is 87.1 Å². The average molecular weight is 557 g/mol. The van der Waals surface area contributed by atoms with Gasteiger partial charge in [-0.25, -0.2) is 0 Å². The van der Waals surface area contributed by atoms with E-state index in [1.165, 1.54) is 12.8 Å². The molecule has 1 amide bonds. The number of carbonyl (C=O) groups excluding carboxylic acids is 1. The molecule has 0 spiro atoms. The van der Waals surface area contributed by atoms with Gasteiger partial charge in [-0.15, -0.1) is 0 Å². The third kappa shape index (κ3) is 11.5. The van der Waals surface area contributed by atoms with Crippen LogP contribution >= 0.6 is 35.0 Å². The molecule has 2 fully saturated rings. The van der Waals surface area contributed by atoms with Crippen LogP contribution < -0.4 is 0 Å². The first-order chi connectivity index (χ1) is 17.0. The van der Waals surface area contributed by atoms with Gasteiger partial charge in [-0.3, -0.25) is 9.59 Å². The second kappa shape index (κ2) is 14.8. The van der Waals surface area contributed by atoms with Crippen molar-refractivity contribution in [3.63, 3.8) is 0 Å². The monoisotopic (exact) mass is 555 g/mol. The lowest BCUT2D eigenvalue weighted by atomic mass is 10.0. The van der Waals surface area contributed by atoms with Crippen molar-refractivity contribution in [1.82, 2.24) is 4.90 Å². The molecule has 1 heterocycles. The fourth-order valence-electron chi connectivity index (χ4n) is 3.71. The van der Waals surface area contributed by atoms with Gasteiger partial charge in [0.05, 0.1) is 18.2 Å². The Morgan fingerprint density at radius 3 is 2.14 bits per heavy atom. The number of halogens is 2. The van der Waals surface area contributed by atoms with Crippen LogP contribution in [0.2, 0.25) is 10.0 Å². The molecule has 0 aromatic heterocycles. The second-order valence-electron chi connectivity index (χ2n) is 9.43. The van der Waals surface area contributed by atoms with Crippen LogP contribution in [-0.4, -0.2) is 63.4 Å². The van der Waals surface area contributed by atoms with Gasteiger partial charge in [0.15, 0.2) is 0 Å². The van der Waals surface area contributed by atoms with Gasteiger partial charge < -0.3 is 19.8 Å². The molecule has 0 radical (unpaired) electrons. The van der Waals surface area contributed by atoms with Gasteiger partial charge in [-0.1, -0.05) is 53.5 Å². The van der Waals surface area contributed by atoms with E-state index >= 15 is 0 Å². The first-order valence-electron chi connectivity index (χ1n) is 11.8. The van der Waals surface area contributed by atoms with Crippen LogP contribution in [0.3, 0.4) is 0 Å². The molecule has 2 atom stereocenters. The molecule has 2 aromatic carbocycles. The van der Waals surface area contributed by atoms with Crippen molar-refractivity contribution in [2.24, 2.45) is 5.92 Å². The van der Waals surface area contributed by atoms with Gasteiger partial charge >= 0.3 is 0 Å². The number of hydrogen-bond donors (Lipinski definition) is 2. The Kier molecular flexibility index (Phi) is 12.6. The van der Waals surface area contributed by atoms with Crippen LogP contribution in [0.1, 0.15) is 45.2 Å². The maximum atomic E-state index is 12.7. The van der Waals surface area contributed by atoms with Crippen LogP contribution in [-0.2, 0) is 14.3 Å². The molecule has 1 aliphatic carbocycles. The number of amides is 1. The average Bonchev–Trinajstić information content (AvgIpc) is 3.63. The van der Waals surface area contributed by atoms with Crippen LogP contribution in [0.15, 0.2) is 54.6 Å². The number of benzene rings is 2. The number of nitrogens with zero attached hydrogens (tertiary/aromatic N) is 1. The molecule has 1 saturated heterocycles. The van der Waals surface area contributed by atoms with Crippen molar-refractivity contribution in [3.05, 3.63) is 70.2 Å². The molecule has 1 saturated carbocycles. The lowest BCUT2D eigenvalue weighted by molar-refractivity contribution is -0.152. The third-order valence-electron chi connectivity index (χ3n) is 5.38. The summed E-state index contributed by atoms with van der Waals surface area (Å²) in [6, 6.07) is 17.3. The van der Waals surface area contributed by atoms with Crippen LogP contribution in [0.5, 0.6) is 0 Å². The van der Waals surface area contributed by atoms with Gasteiger partial charge in [-0.2, -0.15) is 11.8 Å². The summed E-state index contributed by atoms with van der Waals surface area (Å²) in [5, 5.41) is 18.9. The highest BCUT2D eigenvalue weighted by Gasteiger charge is 2.42. The Morgan fingerprint density at radius 2 is 1.67 bits per heavy atom. The highest BCUT2D eigenvalue weighted by atomic mass is 35.5. The second-order valence-corrected chi connectivity index (χ2v) is 11.3. The predicted octanol–water partition coefficient (Wildman–Crippen LogP) is 5.95. The SMILES string of the molecule is CC(=O)O.CC(C)(O)CSCC(C1CC1)N1C(=O)COCC1c1ccc(Cl)cc1.Clc1ccccc1. The lowest BCUT2D eigenvalue weighted by Crippen LogP contribution is -2.51. The molecular formula is C27H35Cl2NO5S. The molecule has 2 unspecified atom stereocenters. The summed E-state index contributed by atoms with van der Waals surface area (Å²) in [6.45, 7) is 5.40. The number of thioether (sulfide) groups is 1. The largest absolute Gasteiger partial charge is 0.481 e. The minimum atomic E-state index is -0.833. The maximum absolute atomic E-state index is 12.7. The first kappa shape index (κ1) is 30.5. The summed E-state index contributed by atoms with van der Waals surface area (Å²) in [5.41, 5.74) is 0.374. The van der Waals surface area contributed by atoms with Gasteiger partial charge in [0.2, 0.25) is 5.91 Å². The highest BCUT2D eigenvalue weighted by Crippen LogP contribution is 2.41. The Morgan fingerprint density at radius 1 is 1.11 bits per heavy atom. The van der Waals surface area contributed by atoms with Crippen LogP contribution in [0, 0.1) is 5.92 Å². The summed E-state index contributed by atoms with van der Waals surface area (Å²) >= 11 is 13.3. The molecule has 2 N–H and O–H groups in total. The zero-order valence-corrected chi connectivity index (χ0v) is 23.2. The van der Waals surface area contributed by atoms with E-state index < -0.39 is 11.6 Å². The highest BCUT2D eigenvalue weighted by molar-refractivity contribution is 7.99. The smallest absolute Gasteiger partial charge is 0.300 e. The summed E-state index contributed by atoms with van der Waals surface area (Å²) in [7, 11) is 0. The zero-order valence-electron chi connectivity index (χ0n) is 20.9. The molecule has 1 aliphatic heterocycles. The normalized spacial score (nSPS) is 18.3. The number of ether oxygens (including phenoxy) is 1. The summed E-state index contributed by atoms with van der Waals surface area (Å²) in [5.74, 6) is 1.31. The summed E-state index contributed by atoms with van der Waals surface area (Å²) in [6.07, 6.45) is 2.34. The number of morpholine rings is 1. The quantitative estimate of drug-likeness (QED) is 0.438. The van der Waals surface area contributed by atoms with E-state index in [0.717, 1.165) is 23.3 Å². The Labute approximate surface area is 227 Å². The minimum Gasteiger partial charge on any atom is -0.481 e. The van der Waals surface area contributed by atoms with E-state index in [-0.39, 0.29) is 24.6 Å². The number of aliphatic carboxylic acids is 1. The van der Waals surface area contributed by atoms with E-state index in [2.05, 4.69) is 0 Å². The van der Waals surface area contributed by atoms with Gasteiger partial charge in [0, 0.05) is 34.5 Å². The molecular weight excluding hydrogens is 521 g/mol. The Bertz CT molecular complexity index is 945. The van der Waals surface area contributed by atoms with E-state index in [0.29, 0.717) is 23.3 Å². The van der Waals surface area contributed by atoms with Crippen LogP contribution in [0.4, 0.5) is 0 Å². The molecule has 2 aliphatic rings. The summed E-state index contributed by atoms with van der Waals surface area (Å²) < 4.78 is 5.55. The van der Waals surface area contributed by atoms with E-state index in [1.807, 2.05) is 73.3 Å². The number of aliphatic hydroxyl groups is 1. The molecule has 2 aromatic rings. The van der Waals surface area contributed by atoms with Gasteiger partial charge in [0.25, 0.3) is 5.97 Å². The van der Waals surface area contributed by atoms with E-state index in [4.69, 9.17) is 37.8 Å². The van der Waals surface area contributed by atoms with E-state index in [9.17, 15) is 9.90 Å². The maximum Gasteiger partial charge on any atom is 0.300 e. The minimum absolute atomic E-state index is 0.0620. The number of carbonyl (C=O) groups is 2. The first-order valence-corrected chi connectivity index (χ1v) is 13.7. The van der Waals surface area contributed by atoms with Crippen molar-refractivity contribution in [2.75, 3.05) is 24.7 Å². The number of hydrogen-bond acceptors (Lipinski definition) is 5. The number of rotatable bonds is 7. The Hall–Kier alpha value is -1.77. The molecule has 4 rings (SSSR count). The molecule has 9 heteroatoms. The standard InChI is InChI=1S/C19H26ClNO3S.C6H5Cl.C2H4O2/c1-19(2,23)12-25-11-17(14-3-4-14)21-16(9-24-10-18(21)22)13-5-7-15(20)8-6-13;7-6-4-2-1-3-5-6;1-2(3)4/h5-8,14,16-17,23H,3-4,9-12H2,1-2H3;1-5H;1H3,(H,3,4). The third-order valence-corrected chi connectivity index (χ3v) is 7.37. The van der Waals surface area contributed by atoms with Crippen molar-refractivity contribution in [2.45, 2.75) is 51.3 Å². The fraction of sp³-hybridized carbons (Fsp3) is 0.481. The number of carboxylic acids is 1. The van der Waals surface area contributed by atoms with Gasteiger partial charge in [-0.05, 0) is 62.4 Å².